The van der Waals surface area contributed by atoms with E-state index in [2.05, 4.69) is 10.3 Å². The predicted octanol–water partition coefficient (Wildman–Crippen LogP) is 1.93. The first-order chi connectivity index (χ1) is 13.0. The lowest BCUT2D eigenvalue weighted by atomic mass is 10.2. The summed E-state index contributed by atoms with van der Waals surface area (Å²) in [5.41, 5.74) is 0. The minimum absolute atomic E-state index is 0.0238. The van der Waals surface area contributed by atoms with Crippen molar-refractivity contribution in [3.63, 3.8) is 0 Å². The van der Waals surface area contributed by atoms with Crippen molar-refractivity contribution >= 4 is 26.7 Å². The minimum atomic E-state index is -3.81. The summed E-state index contributed by atoms with van der Waals surface area (Å²) < 4.78 is 33.2. The molecule has 1 N–H and O–H groups in total. The standard InChI is InChI=1S/C19H25N3O4S/c1-2-10-22(14-19(23)21-13-16-6-4-11-26-16)27(24,25)18-7-3-5-15-12-20-9-8-17(15)18/h3,5,7-9,12,16H,2,4,6,10-11,13-14H2,1H3,(H,21,23). The number of pyridine rings is 1. The molecule has 0 bridgehead atoms. The molecular formula is C19H25N3O4S. The summed E-state index contributed by atoms with van der Waals surface area (Å²) in [7, 11) is -3.81. The second kappa shape index (κ2) is 8.77. The van der Waals surface area contributed by atoms with Crippen molar-refractivity contribution in [1.82, 2.24) is 14.6 Å². The van der Waals surface area contributed by atoms with Crippen LogP contribution in [-0.2, 0) is 19.6 Å². The van der Waals surface area contributed by atoms with Gasteiger partial charge in [0.1, 0.15) is 0 Å². The largest absolute Gasteiger partial charge is 0.376 e. The number of carbonyl (C=O) groups excluding carboxylic acids is 1. The monoisotopic (exact) mass is 391 g/mol. The van der Waals surface area contributed by atoms with E-state index in [1.807, 2.05) is 13.0 Å². The van der Waals surface area contributed by atoms with Crippen LogP contribution in [0.15, 0.2) is 41.6 Å². The Kier molecular flexibility index (Phi) is 6.41. The molecule has 0 aliphatic carbocycles. The van der Waals surface area contributed by atoms with Crippen molar-refractivity contribution in [3.8, 4) is 0 Å². The first-order valence-corrected chi connectivity index (χ1v) is 10.7. The van der Waals surface area contributed by atoms with Crippen molar-refractivity contribution in [2.24, 2.45) is 0 Å². The Labute approximate surface area is 159 Å². The highest BCUT2D eigenvalue weighted by atomic mass is 32.2. The number of carbonyl (C=O) groups is 1. The number of fused-ring (bicyclic) bond motifs is 1. The minimum Gasteiger partial charge on any atom is -0.376 e. The van der Waals surface area contributed by atoms with E-state index in [4.69, 9.17) is 4.74 Å². The number of benzene rings is 1. The molecule has 1 amide bonds. The summed E-state index contributed by atoms with van der Waals surface area (Å²) in [5, 5.41) is 4.15. The molecule has 7 nitrogen and oxygen atoms in total. The van der Waals surface area contributed by atoms with Crippen molar-refractivity contribution < 1.29 is 17.9 Å². The van der Waals surface area contributed by atoms with E-state index in [1.54, 1.807) is 30.6 Å². The molecule has 1 unspecified atom stereocenters. The number of aromatic nitrogens is 1. The van der Waals surface area contributed by atoms with Gasteiger partial charge in [0.25, 0.3) is 0 Å². The van der Waals surface area contributed by atoms with E-state index in [0.29, 0.717) is 25.0 Å². The molecule has 0 radical (unpaired) electrons. The third kappa shape index (κ3) is 4.63. The van der Waals surface area contributed by atoms with Gasteiger partial charge in [-0.3, -0.25) is 9.78 Å². The van der Waals surface area contributed by atoms with Gasteiger partial charge < -0.3 is 10.1 Å². The maximum atomic E-state index is 13.2. The lowest BCUT2D eigenvalue weighted by molar-refractivity contribution is -0.121. The number of hydrogen-bond donors (Lipinski definition) is 1. The van der Waals surface area contributed by atoms with Crippen molar-refractivity contribution in [3.05, 3.63) is 36.7 Å². The van der Waals surface area contributed by atoms with Gasteiger partial charge in [-0.2, -0.15) is 4.31 Å². The average molecular weight is 391 g/mol. The van der Waals surface area contributed by atoms with Crippen molar-refractivity contribution in [2.45, 2.75) is 37.2 Å². The Hall–Kier alpha value is -2.03. The van der Waals surface area contributed by atoms with Crippen LogP contribution in [0.3, 0.4) is 0 Å². The molecule has 1 aliphatic heterocycles. The van der Waals surface area contributed by atoms with Gasteiger partial charge in [-0.15, -0.1) is 0 Å². The van der Waals surface area contributed by atoms with Crippen molar-refractivity contribution in [1.29, 1.82) is 0 Å². The summed E-state index contributed by atoms with van der Waals surface area (Å²) in [6.07, 6.45) is 5.75. The van der Waals surface area contributed by atoms with E-state index >= 15 is 0 Å². The molecule has 1 saturated heterocycles. The van der Waals surface area contributed by atoms with Gasteiger partial charge in [-0.1, -0.05) is 19.1 Å². The fourth-order valence-electron chi connectivity index (χ4n) is 3.24. The summed E-state index contributed by atoms with van der Waals surface area (Å²) in [4.78, 5) is 16.6. The molecule has 146 valence electrons. The lowest BCUT2D eigenvalue weighted by Crippen LogP contribution is -2.43. The molecule has 2 aromatic rings. The maximum Gasteiger partial charge on any atom is 0.244 e. The Bertz CT molecular complexity index is 889. The molecule has 1 aromatic heterocycles. The highest BCUT2D eigenvalue weighted by Gasteiger charge is 2.28. The zero-order valence-electron chi connectivity index (χ0n) is 15.4. The van der Waals surface area contributed by atoms with Gasteiger partial charge in [0.05, 0.1) is 17.5 Å². The molecule has 1 atom stereocenters. The Morgan fingerprint density at radius 3 is 2.96 bits per heavy atom. The van der Waals surface area contributed by atoms with Crippen LogP contribution in [0.5, 0.6) is 0 Å². The molecular weight excluding hydrogens is 366 g/mol. The zero-order chi connectivity index (χ0) is 19.3. The second-order valence-electron chi connectivity index (χ2n) is 6.63. The van der Waals surface area contributed by atoms with Crippen LogP contribution in [-0.4, -0.2) is 56.0 Å². The number of rotatable bonds is 8. The van der Waals surface area contributed by atoms with Crippen LogP contribution in [0.4, 0.5) is 0 Å². The Morgan fingerprint density at radius 2 is 2.22 bits per heavy atom. The van der Waals surface area contributed by atoms with E-state index in [9.17, 15) is 13.2 Å². The molecule has 0 spiro atoms. The average Bonchev–Trinajstić information content (AvgIpc) is 3.19. The molecule has 27 heavy (non-hydrogen) atoms. The SMILES string of the molecule is CCCN(CC(=O)NCC1CCCO1)S(=O)(=O)c1cccc2cnccc12. The molecule has 1 fully saturated rings. The van der Waals surface area contributed by atoms with E-state index in [-0.39, 0.29) is 30.0 Å². The van der Waals surface area contributed by atoms with Gasteiger partial charge in [0.15, 0.2) is 0 Å². The quantitative estimate of drug-likeness (QED) is 0.743. The lowest BCUT2D eigenvalue weighted by Gasteiger charge is -2.22. The number of nitrogens with zero attached hydrogens (tertiary/aromatic N) is 2. The van der Waals surface area contributed by atoms with Gasteiger partial charge in [-0.25, -0.2) is 8.42 Å². The summed E-state index contributed by atoms with van der Waals surface area (Å²) in [6.45, 7) is 3.09. The van der Waals surface area contributed by atoms with E-state index in [0.717, 1.165) is 18.2 Å². The first kappa shape index (κ1) is 19.7. The van der Waals surface area contributed by atoms with Crippen LogP contribution >= 0.6 is 0 Å². The topological polar surface area (TPSA) is 88.6 Å². The number of hydrogen-bond acceptors (Lipinski definition) is 5. The number of amides is 1. The highest BCUT2D eigenvalue weighted by molar-refractivity contribution is 7.89. The predicted molar refractivity (Wildman–Crippen MR) is 103 cm³/mol. The second-order valence-corrected chi connectivity index (χ2v) is 8.54. The van der Waals surface area contributed by atoms with E-state index < -0.39 is 10.0 Å². The highest BCUT2D eigenvalue weighted by Crippen LogP contribution is 2.25. The third-order valence-electron chi connectivity index (χ3n) is 4.60. The molecule has 1 aromatic carbocycles. The molecule has 3 rings (SSSR count). The first-order valence-electron chi connectivity index (χ1n) is 9.23. The van der Waals surface area contributed by atoms with Gasteiger partial charge in [0, 0.05) is 42.9 Å². The van der Waals surface area contributed by atoms with Gasteiger partial charge in [-0.05, 0) is 31.4 Å². The van der Waals surface area contributed by atoms with Crippen LogP contribution in [0.2, 0.25) is 0 Å². The van der Waals surface area contributed by atoms with Crippen LogP contribution in [0.1, 0.15) is 26.2 Å². The smallest absolute Gasteiger partial charge is 0.244 e. The Balaban J connectivity index is 1.78. The molecule has 0 saturated carbocycles. The summed E-state index contributed by atoms with van der Waals surface area (Å²) in [5.74, 6) is -0.315. The summed E-state index contributed by atoms with van der Waals surface area (Å²) in [6, 6.07) is 6.77. The fourth-order valence-corrected chi connectivity index (χ4v) is 4.94. The summed E-state index contributed by atoms with van der Waals surface area (Å²) >= 11 is 0. The Morgan fingerprint density at radius 1 is 1.37 bits per heavy atom. The fraction of sp³-hybridized carbons (Fsp3) is 0.474. The van der Waals surface area contributed by atoms with Crippen LogP contribution < -0.4 is 5.32 Å². The number of sulfonamides is 1. The molecule has 2 heterocycles. The van der Waals surface area contributed by atoms with Crippen molar-refractivity contribution in [2.75, 3.05) is 26.2 Å². The number of nitrogens with one attached hydrogen (secondary N) is 1. The normalized spacial score (nSPS) is 17.5. The van der Waals surface area contributed by atoms with Gasteiger partial charge in [0.2, 0.25) is 15.9 Å². The zero-order valence-corrected chi connectivity index (χ0v) is 16.2. The number of ether oxygens (including phenoxy) is 1. The maximum absolute atomic E-state index is 13.2. The van der Waals surface area contributed by atoms with Crippen LogP contribution in [0, 0.1) is 0 Å². The molecule has 1 aliphatic rings. The van der Waals surface area contributed by atoms with E-state index in [1.165, 1.54) is 4.31 Å². The molecule has 8 heteroatoms. The van der Waals surface area contributed by atoms with Crippen LogP contribution in [0.25, 0.3) is 10.8 Å². The van der Waals surface area contributed by atoms with Gasteiger partial charge >= 0.3 is 0 Å². The third-order valence-corrected chi connectivity index (χ3v) is 6.51.